The lowest BCUT2D eigenvalue weighted by Gasteiger charge is -2.16. The van der Waals surface area contributed by atoms with Crippen LogP contribution in [-0.2, 0) is 10.0 Å². The van der Waals surface area contributed by atoms with Gasteiger partial charge in [0.05, 0.1) is 23.1 Å². The molecule has 4 N–H and O–H groups in total. The molecule has 10 heteroatoms. The average Bonchev–Trinajstić information content (AvgIpc) is 3.72. The maximum atomic E-state index is 12.8. The summed E-state index contributed by atoms with van der Waals surface area (Å²) < 4.78 is 32.8. The van der Waals surface area contributed by atoms with Gasteiger partial charge in [-0.3, -0.25) is 4.79 Å². The Morgan fingerprint density at radius 1 is 1.09 bits per heavy atom. The van der Waals surface area contributed by atoms with Crippen LogP contribution < -0.4 is 15.8 Å². The van der Waals surface area contributed by atoms with Crippen LogP contribution in [0.15, 0.2) is 59.6 Å². The molecule has 9 nitrogen and oxygen atoms in total. The number of fused-ring (bicyclic) bond motifs is 1. The number of sulfonamides is 1. The minimum Gasteiger partial charge on any atom is -0.490 e. The van der Waals surface area contributed by atoms with Crippen molar-refractivity contribution in [3.8, 4) is 28.0 Å². The van der Waals surface area contributed by atoms with Crippen LogP contribution in [0.4, 0.5) is 5.82 Å². The Hall–Kier alpha value is -3.47. The molecule has 5 rings (SSSR count). The molecule has 0 saturated heterocycles. The molecule has 0 spiro atoms. The maximum Gasteiger partial charge on any atom is 0.255 e. The molecule has 1 atom stereocenters. The van der Waals surface area contributed by atoms with Crippen molar-refractivity contribution in [3.63, 3.8) is 0 Å². The SMILES string of the molecule is CN(C1CC1)S(=O)(=O)c1ccc(-c2cnc(N)c(-c3ccc4c(c3)OCC(CO)NC4=O)c2)cc1. The normalized spacial score (nSPS) is 17.9. The van der Waals surface area contributed by atoms with E-state index in [1.807, 2.05) is 6.07 Å². The molecule has 182 valence electrons. The number of amides is 1. The Balaban J connectivity index is 1.45. The van der Waals surface area contributed by atoms with Crippen LogP contribution in [-0.4, -0.2) is 61.1 Å². The zero-order valence-corrected chi connectivity index (χ0v) is 20.0. The number of anilines is 1. The van der Waals surface area contributed by atoms with Crippen LogP contribution in [0, 0.1) is 0 Å². The van der Waals surface area contributed by atoms with E-state index in [-0.39, 0.29) is 30.1 Å². The Labute approximate surface area is 203 Å². The fourth-order valence-electron chi connectivity index (χ4n) is 4.07. The summed E-state index contributed by atoms with van der Waals surface area (Å²) in [5, 5.41) is 12.1. The first kappa shape index (κ1) is 23.3. The largest absolute Gasteiger partial charge is 0.490 e. The lowest BCUT2D eigenvalue weighted by molar-refractivity contribution is 0.0914. The van der Waals surface area contributed by atoms with Crippen LogP contribution >= 0.6 is 0 Å². The first-order valence-corrected chi connectivity index (χ1v) is 12.7. The topological polar surface area (TPSA) is 135 Å². The van der Waals surface area contributed by atoms with E-state index in [9.17, 15) is 18.3 Å². The quantitative estimate of drug-likeness (QED) is 0.478. The standard InChI is InChI=1S/C25H26N4O5S/c1-29(19-5-6-19)35(32,33)20-7-2-15(3-8-20)17-10-22(24(26)27-12-17)16-4-9-21-23(11-16)34-14-18(13-30)28-25(21)31/h2-4,7-12,18-19,30H,5-6,13-14H2,1H3,(H2,26,27)(H,28,31). The summed E-state index contributed by atoms with van der Waals surface area (Å²) in [7, 11) is -1.90. The molecule has 0 bridgehead atoms. The number of ether oxygens (including phenoxy) is 1. The fourth-order valence-corrected chi connectivity index (χ4v) is 5.49. The van der Waals surface area contributed by atoms with E-state index in [1.54, 1.807) is 55.7 Å². The Morgan fingerprint density at radius 3 is 2.49 bits per heavy atom. The molecule has 2 aliphatic rings. The van der Waals surface area contributed by atoms with E-state index in [4.69, 9.17) is 10.5 Å². The first-order chi connectivity index (χ1) is 16.8. The van der Waals surface area contributed by atoms with Gasteiger partial charge in [-0.1, -0.05) is 18.2 Å². The van der Waals surface area contributed by atoms with Gasteiger partial charge in [-0.25, -0.2) is 13.4 Å². The van der Waals surface area contributed by atoms with Crippen molar-refractivity contribution in [2.24, 2.45) is 0 Å². The third kappa shape index (κ3) is 4.47. The summed E-state index contributed by atoms with van der Waals surface area (Å²) in [6, 6.07) is 13.3. The Bertz CT molecular complexity index is 1390. The highest BCUT2D eigenvalue weighted by atomic mass is 32.2. The van der Waals surface area contributed by atoms with Gasteiger partial charge in [-0.05, 0) is 54.3 Å². The fraction of sp³-hybridized carbons (Fsp3) is 0.280. The van der Waals surface area contributed by atoms with Crippen molar-refractivity contribution in [1.82, 2.24) is 14.6 Å². The number of carbonyl (C=O) groups excluding carboxylic acids is 1. The smallest absolute Gasteiger partial charge is 0.255 e. The summed E-state index contributed by atoms with van der Waals surface area (Å²) in [6.45, 7) is -0.0693. The van der Waals surface area contributed by atoms with Crippen molar-refractivity contribution in [2.45, 2.75) is 29.8 Å². The number of benzene rings is 2. The van der Waals surface area contributed by atoms with Crippen LogP contribution in [0.2, 0.25) is 0 Å². The van der Waals surface area contributed by atoms with Crippen molar-refractivity contribution in [1.29, 1.82) is 0 Å². The molecule has 3 aromatic rings. The van der Waals surface area contributed by atoms with Crippen molar-refractivity contribution in [3.05, 3.63) is 60.3 Å². The number of aliphatic hydroxyl groups is 1. The summed E-state index contributed by atoms with van der Waals surface area (Å²) >= 11 is 0. The number of aromatic nitrogens is 1. The maximum absolute atomic E-state index is 12.8. The number of aliphatic hydroxyl groups excluding tert-OH is 1. The summed E-state index contributed by atoms with van der Waals surface area (Å²) in [5.41, 5.74) is 9.49. The van der Waals surface area contributed by atoms with Gasteiger partial charge in [0.25, 0.3) is 5.91 Å². The number of hydrogen-bond acceptors (Lipinski definition) is 7. The van der Waals surface area contributed by atoms with E-state index >= 15 is 0 Å². The molecule has 1 aliphatic carbocycles. The van der Waals surface area contributed by atoms with Gasteiger partial charge in [-0.2, -0.15) is 4.31 Å². The van der Waals surface area contributed by atoms with Gasteiger partial charge in [0.15, 0.2) is 0 Å². The third-order valence-corrected chi connectivity index (χ3v) is 8.30. The van der Waals surface area contributed by atoms with E-state index in [0.717, 1.165) is 29.5 Å². The van der Waals surface area contributed by atoms with E-state index in [0.29, 0.717) is 22.7 Å². The molecular weight excluding hydrogens is 468 g/mol. The number of carbonyl (C=O) groups is 1. The third-order valence-electron chi connectivity index (χ3n) is 6.38. The second-order valence-corrected chi connectivity index (χ2v) is 10.8. The highest BCUT2D eigenvalue weighted by Crippen LogP contribution is 2.35. The zero-order valence-electron chi connectivity index (χ0n) is 19.1. The lowest BCUT2D eigenvalue weighted by atomic mass is 9.99. The molecule has 1 amide bonds. The molecule has 1 aliphatic heterocycles. The highest BCUT2D eigenvalue weighted by Gasteiger charge is 2.35. The average molecular weight is 495 g/mol. The van der Waals surface area contributed by atoms with Crippen LogP contribution in [0.5, 0.6) is 5.75 Å². The van der Waals surface area contributed by atoms with Gasteiger partial charge in [0.1, 0.15) is 18.2 Å². The molecular formula is C25H26N4O5S. The van der Waals surface area contributed by atoms with Gasteiger partial charge >= 0.3 is 0 Å². The lowest BCUT2D eigenvalue weighted by Crippen LogP contribution is -2.39. The molecule has 1 aromatic heterocycles. The van der Waals surface area contributed by atoms with E-state index in [1.165, 1.54) is 4.31 Å². The molecule has 1 unspecified atom stereocenters. The van der Waals surface area contributed by atoms with Crippen molar-refractivity contribution >= 4 is 21.7 Å². The van der Waals surface area contributed by atoms with Gasteiger partial charge in [0.2, 0.25) is 10.0 Å². The number of nitrogens with one attached hydrogen (secondary N) is 1. The predicted molar refractivity (Wildman–Crippen MR) is 131 cm³/mol. The summed E-state index contributed by atoms with van der Waals surface area (Å²) in [6.07, 6.45) is 3.43. The Kier molecular flexibility index (Phi) is 5.96. The number of nitrogens with two attached hydrogens (primary N) is 1. The van der Waals surface area contributed by atoms with Gasteiger partial charge in [-0.15, -0.1) is 0 Å². The molecule has 35 heavy (non-hydrogen) atoms. The predicted octanol–water partition coefficient (Wildman–Crippen LogP) is 2.26. The van der Waals surface area contributed by atoms with Crippen molar-refractivity contribution in [2.75, 3.05) is 26.0 Å². The van der Waals surface area contributed by atoms with E-state index in [2.05, 4.69) is 10.3 Å². The number of rotatable bonds is 6. The molecule has 2 heterocycles. The number of pyridine rings is 1. The summed E-state index contributed by atoms with van der Waals surface area (Å²) in [4.78, 5) is 17.0. The molecule has 1 fully saturated rings. The number of hydrogen-bond donors (Lipinski definition) is 3. The first-order valence-electron chi connectivity index (χ1n) is 11.3. The van der Waals surface area contributed by atoms with Gasteiger partial charge in [0, 0.05) is 30.4 Å². The highest BCUT2D eigenvalue weighted by molar-refractivity contribution is 7.89. The minimum atomic E-state index is -3.52. The molecule has 2 aromatic carbocycles. The summed E-state index contributed by atoms with van der Waals surface area (Å²) in [5.74, 6) is 0.394. The van der Waals surface area contributed by atoms with Crippen molar-refractivity contribution < 1.29 is 23.1 Å². The zero-order chi connectivity index (χ0) is 24.7. The van der Waals surface area contributed by atoms with E-state index < -0.39 is 16.1 Å². The monoisotopic (exact) mass is 494 g/mol. The molecule has 0 radical (unpaired) electrons. The van der Waals surface area contributed by atoms with Crippen LogP contribution in [0.1, 0.15) is 23.2 Å². The second-order valence-electron chi connectivity index (χ2n) is 8.81. The van der Waals surface area contributed by atoms with Crippen LogP contribution in [0.3, 0.4) is 0 Å². The number of nitrogens with zero attached hydrogens (tertiary/aromatic N) is 2. The van der Waals surface area contributed by atoms with Crippen LogP contribution in [0.25, 0.3) is 22.3 Å². The minimum absolute atomic E-state index is 0.0917. The Morgan fingerprint density at radius 2 is 1.80 bits per heavy atom. The number of nitrogen functional groups attached to an aromatic ring is 1. The molecule has 1 saturated carbocycles. The van der Waals surface area contributed by atoms with Gasteiger partial charge < -0.3 is 20.9 Å². The second kappa shape index (κ2) is 8.95.